The van der Waals surface area contributed by atoms with Gasteiger partial charge in [-0.15, -0.1) is 0 Å². The first kappa shape index (κ1) is 11.7. The first-order chi connectivity index (χ1) is 6.74. The second-order valence-electron chi connectivity index (χ2n) is 3.17. The van der Waals surface area contributed by atoms with Crippen LogP contribution in [0.3, 0.4) is 0 Å². The predicted octanol–water partition coefficient (Wildman–Crippen LogP) is 2.53. The smallest absolute Gasteiger partial charge is 0.226 e. The standard InChI is InChI=1S/C10H14BrNOS/c1-12(5-2-4-11)10(13)7-9-3-6-14-8-9/h3,6,8H,2,4-5,7H2,1H3. The molecule has 0 spiro atoms. The van der Waals surface area contributed by atoms with E-state index < -0.39 is 0 Å². The van der Waals surface area contributed by atoms with Crippen molar-refractivity contribution in [1.29, 1.82) is 0 Å². The molecule has 0 aromatic carbocycles. The lowest BCUT2D eigenvalue weighted by Crippen LogP contribution is -2.29. The summed E-state index contributed by atoms with van der Waals surface area (Å²) >= 11 is 4.98. The fourth-order valence-corrected chi connectivity index (χ4v) is 2.04. The quantitative estimate of drug-likeness (QED) is 0.757. The van der Waals surface area contributed by atoms with Crippen LogP contribution in [0.4, 0.5) is 0 Å². The molecule has 1 rings (SSSR count). The van der Waals surface area contributed by atoms with Crippen LogP contribution < -0.4 is 0 Å². The van der Waals surface area contributed by atoms with Crippen molar-refractivity contribution in [2.75, 3.05) is 18.9 Å². The summed E-state index contributed by atoms with van der Waals surface area (Å²) in [5.41, 5.74) is 1.12. The number of hydrogen-bond donors (Lipinski definition) is 0. The van der Waals surface area contributed by atoms with Crippen molar-refractivity contribution in [2.24, 2.45) is 0 Å². The highest BCUT2D eigenvalue weighted by Gasteiger charge is 2.08. The number of halogens is 1. The maximum absolute atomic E-state index is 11.6. The Hall–Kier alpha value is -0.350. The van der Waals surface area contributed by atoms with Crippen molar-refractivity contribution in [3.05, 3.63) is 22.4 Å². The van der Waals surface area contributed by atoms with Crippen LogP contribution in [0.15, 0.2) is 16.8 Å². The van der Waals surface area contributed by atoms with Crippen LogP contribution >= 0.6 is 27.3 Å². The van der Waals surface area contributed by atoms with E-state index in [0.717, 1.165) is 23.9 Å². The largest absolute Gasteiger partial charge is 0.345 e. The maximum Gasteiger partial charge on any atom is 0.226 e. The topological polar surface area (TPSA) is 20.3 Å². The molecule has 1 aromatic rings. The molecule has 1 aromatic heterocycles. The molecule has 0 aliphatic carbocycles. The number of hydrogen-bond acceptors (Lipinski definition) is 2. The van der Waals surface area contributed by atoms with E-state index in [2.05, 4.69) is 15.9 Å². The Balaban J connectivity index is 2.34. The molecular weight excluding hydrogens is 262 g/mol. The predicted molar refractivity (Wildman–Crippen MR) is 64.1 cm³/mol. The molecule has 14 heavy (non-hydrogen) atoms. The van der Waals surface area contributed by atoms with Crippen molar-refractivity contribution in [2.45, 2.75) is 12.8 Å². The summed E-state index contributed by atoms with van der Waals surface area (Å²) in [6.45, 7) is 0.828. The van der Waals surface area contributed by atoms with Crippen LogP contribution in [0.25, 0.3) is 0 Å². The van der Waals surface area contributed by atoms with Crippen LogP contribution in [-0.2, 0) is 11.2 Å². The lowest BCUT2D eigenvalue weighted by molar-refractivity contribution is -0.129. The lowest BCUT2D eigenvalue weighted by Gasteiger charge is -2.15. The summed E-state index contributed by atoms with van der Waals surface area (Å²) in [6.07, 6.45) is 1.54. The van der Waals surface area contributed by atoms with Gasteiger partial charge in [-0.3, -0.25) is 4.79 Å². The first-order valence-electron chi connectivity index (χ1n) is 4.55. The molecule has 0 aliphatic rings. The number of alkyl halides is 1. The van der Waals surface area contributed by atoms with Gasteiger partial charge in [0.2, 0.25) is 5.91 Å². The highest BCUT2D eigenvalue weighted by molar-refractivity contribution is 9.09. The second-order valence-corrected chi connectivity index (χ2v) is 4.74. The minimum absolute atomic E-state index is 0.198. The molecule has 4 heteroatoms. The van der Waals surface area contributed by atoms with E-state index in [4.69, 9.17) is 0 Å². The van der Waals surface area contributed by atoms with Crippen LogP contribution in [0.5, 0.6) is 0 Å². The molecular formula is C10H14BrNOS. The molecule has 2 nitrogen and oxygen atoms in total. The van der Waals surface area contributed by atoms with Crippen molar-refractivity contribution in [3.63, 3.8) is 0 Å². The minimum Gasteiger partial charge on any atom is -0.345 e. The number of thiophene rings is 1. The normalized spacial score (nSPS) is 10.1. The number of likely N-dealkylation sites (N-methyl/N-ethyl adjacent to an activating group) is 1. The van der Waals surface area contributed by atoms with Crippen LogP contribution in [-0.4, -0.2) is 29.7 Å². The zero-order valence-electron chi connectivity index (χ0n) is 8.20. The molecule has 0 unspecified atom stereocenters. The Labute approximate surface area is 97.1 Å². The number of carbonyl (C=O) groups excluding carboxylic acids is 1. The van der Waals surface area contributed by atoms with E-state index in [9.17, 15) is 4.79 Å². The molecule has 0 N–H and O–H groups in total. The van der Waals surface area contributed by atoms with Gasteiger partial charge in [-0.2, -0.15) is 11.3 Å². The molecule has 78 valence electrons. The van der Waals surface area contributed by atoms with Gasteiger partial charge < -0.3 is 4.90 Å². The summed E-state index contributed by atoms with van der Waals surface area (Å²) in [6, 6.07) is 2.00. The molecule has 0 radical (unpaired) electrons. The maximum atomic E-state index is 11.6. The van der Waals surface area contributed by atoms with Gasteiger partial charge in [0.15, 0.2) is 0 Å². The SMILES string of the molecule is CN(CCCBr)C(=O)Cc1ccsc1. The van der Waals surface area contributed by atoms with Gasteiger partial charge in [-0.25, -0.2) is 0 Å². The summed E-state index contributed by atoms with van der Waals surface area (Å²) in [5, 5.41) is 4.97. The summed E-state index contributed by atoms with van der Waals surface area (Å²) < 4.78 is 0. The van der Waals surface area contributed by atoms with E-state index >= 15 is 0 Å². The van der Waals surface area contributed by atoms with E-state index in [-0.39, 0.29) is 5.91 Å². The minimum atomic E-state index is 0.198. The Morgan fingerprint density at radius 2 is 2.43 bits per heavy atom. The summed E-state index contributed by atoms with van der Waals surface area (Å²) in [7, 11) is 1.86. The zero-order chi connectivity index (χ0) is 10.4. The summed E-state index contributed by atoms with van der Waals surface area (Å²) in [4.78, 5) is 13.4. The van der Waals surface area contributed by atoms with Crippen LogP contribution in [0.2, 0.25) is 0 Å². The van der Waals surface area contributed by atoms with E-state index in [1.54, 1.807) is 16.2 Å². The summed E-state index contributed by atoms with van der Waals surface area (Å²) in [5.74, 6) is 0.198. The van der Waals surface area contributed by atoms with Crippen molar-refractivity contribution in [3.8, 4) is 0 Å². The van der Waals surface area contributed by atoms with Gasteiger partial charge >= 0.3 is 0 Å². The molecule has 0 atom stereocenters. The van der Waals surface area contributed by atoms with Gasteiger partial charge in [-0.1, -0.05) is 15.9 Å². The highest BCUT2D eigenvalue weighted by atomic mass is 79.9. The third-order valence-electron chi connectivity index (χ3n) is 1.99. The molecule has 0 saturated carbocycles. The first-order valence-corrected chi connectivity index (χ1v) is 6.61. The molecule has 1 heterocycles. The van der Waals surface area contributed by atoms with Gasteiger partial charge in [0.05, 0.1) is 6.42 Å². The van der Waals surface area contributed by atoms with Gasteiger partial charge in [0, 0.05) is 18.9 Å². The van der Waals surface area contributed by atoms with Gasteiger partial charge in [0.1, 0.15) is 0 Å². The second kappa shape index (κ2) is 6.19. The van der Waals surface area contributed by atoms with E-state index in [1.807, 2.05) is 23.9 Å². The van der Waals surface area contributed by atoms with Crippen molar-refractivity contribution >= 4 is 33.2 Å². The monoisotopic (exact) mass is 275 g/mol. The Morgan fingerprint density at radius 3 is 3.00 bits per heavy atom. The number of carbonyl (C=O) groups is 1. The average Bonchev–Trinajstić information content (AvgIpc) is 2.66. The lowest BCUT2D eigenvalue weighted by atomic mass is 10.2. The Kier molecular flexibility index (Phi) is 5.19. The van der Waals surface area contributed by atoms with Crippen LogP contribution in [0, 0.1) is 0 Å². The third kappa shape index (κ3) is 3.80. The van der Waals surface area contributed by atoms with E-state index in [0.29, 0.717) is 6.42 Å². The fourth-order valence-electron chi connectivity index (χ4n) is 1.12. The molecule has 0 bridgehead atoms. The molecule has 0 saturated heterocycles. The Bertz CT molecular complexity index is 274. The fraction of sp³-hybridized carbons (Fsp3) is 0.500. The third-order valence-corrected chi connectivity index (χ3v) is 3.28. The number of rotatable bonds is 5. The Morgan fingerprint density at radius 1 is 1.64 bits per heavy atom. The number of nitrogens with zero attached hydrogens (tertiary/aromatic N) is 1. The zero-order valence-corrected chi connectivity index (χ0v) is 10.6. The van der Waals surface area contributed by atoms with Crippen LogP contribution in [0.1, 0.15) is 12.0 Å². The van der Waals surface area contributed by atoms with Gasteiger partial charge in [0.25, 0.3) is 0 Å². The van der Waals surface area contributed by atoms with Crippen molar-refractivity contribution in [1.82, 2.24) is 4.90 Å². The van der Waals surface area contributed by atoms with Crippen molar-refractivity contribution < 1.29 is 4.79 Å². The highest BCUT2D eigenvalue weighted by Crippen LogP contribution is 2.08. The molecule has 0 fully saturated rings. The van der Waals surface area contributed by atoms with E-state index in [1.165, 1.54) is 0 Å². The molecule has 1 amide bonds. The average molecular weight is 276 g/mol. The molecule has 0 aliphatic heterocycles. The number of amides is 1. The van der Waals surface area contributed by atoms with Gasteiger partial charge in [-0.05, 0) is 28.8 Å².